The van der Waals surface area contributed by atoms with Crippen LogP contribution in [0.5, 0.6) is 0 Å². The Bertz CT molecular complexity index is 1420. The molecular formula is C22H14N6S2. The third-order valence-electron chi connectivity index (χ3n) is 4.97. The van der Waals surface area contributed by atoms with Crippen LogP contribution in [-0.4, -0.2) is 37.4 Å². The molecule has 3 aliphatic heterocycles. The largest absolute Gasteiger partial charge is 0.357 e. The van der Waals surface area contributed by atoms with Crippen molar-refractivity contribution >= 4 is 64.4 Å². The molecule has 2 unspecified atom stereocenters. The molecule has 0 aromatic carbocycles. The molecule has 2 aromatic rings. The fourth-order valence-corrected chi connectivity index (χ4v) is 3.92. The van der Waals surface area contributed by atoms with Crippen molar-refractivity contribution in [2.45, 2.75) is 11.7 Å². The Morgan fingerprint density at radius 2 is 1.73 bits per heavy atom. The number of aromatic amines is 2. The van der Waals surface area contributed by atoms with Crippen LogP contribution in [0.25, 0.3) is 18.2 Å². The number of nitrogens with zero attached hydrogens (tertiary/aromatic N) is 4. The highest BCUT2D eigenvalue weighted by Gasteiger charge is 2.41. The van der Waals surface area contributed by atoms with Crippen molar-refractivity contribution < 1.29 is 0 Å². The maximum Gasteiger partial charge on any atom is 0.207 e. The highest BCUT2D eigenvalue weighted by Crippen LogP contribution is 2.38. The van der Waals surface area contributed by atoms with Crippen LogP contribution < -0.4 is 10.7 Å². The van der Waals surface area contributed by atoms with Crippen LogP contribution in [0.3, 0.4) is 0 Å². The molecule has 0 saturated carbocycles. The lowest BCUT2D eigenvalue weighted by atomic mass is 9.99. The lowest BCUT2D eigenvalue weighted by Gasteiger charge is -2.24. The van der Waals surface area contributed by atoms with Gasteiger partial charge in [-0.05, 0) is 91.2 Å². The molecule has 2 N–H and O–H groups in total. The lowest BCUT2D eigenvalue weighted by molar-refractivity contribution is 0.460. The van der Waals surface area contributed by atoms with Gasteiger partial charge in [-0.25, -0.2) is 15.0 Å². The number of allylic oxidation sites excluding steroid dienone is 3. The summed E-state index contributed by atoms with van der Waals surface area (Å²) in [5.74, 6) is 0. The Hall–Kier alpha value is -3.54. The summed E-state index contributed by atoms with van der Waals surface area (Å²) in [5.41, 5.74) is 3.06. The number of hydrogen-bond donors (Lipinski definition) is 2. The smallest absolute Gasteiger partial charge is 0.207 e. The molecule has 6 nitrogen and oxygen atoms in total. The average Bonchev–Trinajstić information content (AvgIpc) is 3.51. The zero-order valence-corrected chi connectivity index (χ0v) is 17.2. The van der Waals surface area contributed by atoms with E-state index in [1.807, 2.05) is 66.8 Å². The van der Waals surface area contributed by atoms with Crippen LogP contribution >= 0.6 is 24.4 Å². The van der Waals surface area contributed by atoms with E-state index >= 15 is 0 Å². The topological polar surface area (TPSA) is 81.0 Å². The van der Waals surface area contributed by atoms with Gasteiger partial charge in [0, 0.05) is 22.1 Å². The Balaban J connectivity index is 1.77. The zero-order chi connectivity index (χ0) is 20.6. The Morgan fingerprint density at radius 1 is 0.900 bits per heavy atom. The van der Waals surface area contributed by atoms with Crippen LogP contribution in [0, 0.1) is 0 Å². The first-order valence-corrected chi connectivity index (χ1v) is 10.0. The van der Waals surface area contributed by atoms with Crippen LogP contribution in [0.4, 0.5) is 0 Å². The fourth-order valence-electron chi connectivity index (χ4n) is 3.67. The van der Waals surface area contributed by atoms with Crippen LogP contribution in [-0.2, 0) is 0 Å². The number of aromatic nitrogens is 2. The minimum atomic E-state index is -1.08. The van der Waals surface area contributed by atoms with E-state index in [0.29, 0.717) is 0 Å². The molecule has 5 heterocycles. The highest BCUT2D eigenvalue weighted by molar-refractivity contribution is 7.78. The van der Waals surface area contributed by atoms with E-state index in [1.54, 1.807) is 0 Å². The summed E-state index contributed by atoms with van der Waals surface area (Å²) in [6.07, 6.45) is 13.6. The van der Waals surface area contributed by atoms with Gasteiger partial charge in [0.2, 0.25) is 5.66 Å². The molecule has 8 heteroatoms. The molecule has 2 atom stereocenters. The van der Waals surface area contributed by atoms with Crippen LogP contribution in [0.1, 0.15) is 17.4 Å². The quantitative estimate of drug-likeness (QED) is 0.572. The third kappa shape index (κ3) is 3.34. The normalized spacial score (nSPS) is 23.3. The predicted octanol–water partition coefficient (Wildman–Crippen LogP) is 2.92. The van der Waals surface area contributed by atoms with Crippen molar-refractivity contribution in [3.63, 3.8) is 0 Å². The molecule has 0 saturated heterocycles. The van der Waals surface area contributed by atoms with Crippen LogP contribution in [0.15, 0.2) is 74.2 Å². The molecule has 0 aliphatic carbocycles. The second-order valence-electron chi connectivity index (χ2n) is 6.94. The van der Waals surface area contributed by atoms with E-state index < -0.39 is 11.7 Å². The predicted molar refractivity (Wildman–Crippen MR) is 126 cm³/mol. The van der Waals surface area contributed by atoms with E-state index in [4.69, 9.17) is 29.4 Å². The molecule has 0 fully saturated rings. The third-order valence-corrected chi connectivity index (χ3v) is 5.16. The van der Waals surface area contributed by atoms with Gasteiger partial charge in [-0.2, -0.15) is 4.99 Å². The number of H-pyrrole nitrogens is 2. The maximum absolute atomic E-state index is 4.92. The first kappa shape index (κ1) is 18.5. The number of aliphatic imine (C=N–C) groups is 4. The SMILES string of the molecule is S=C=NC1c2ccc([nH]2)C=C2C=CC(=N2)C=c2ccc([nH]2)=CC2=NC1(N=C=S)C=C2. The summed E-state index contributed by atoms with van der Waals surface area (Å²) < 4.78 is 0. The Morgan fingerprint density at radius 3 is 2.53 bits per heavy atom. The standard InChI is InChI=1S/C22H14N6S2/c29-12-23-21-20-6-5-18(27-20)10-16-2-1-14(25-16)9-15-3-4-17(26-15)11-19-7-8-22(21,28-19)24-13-30/h1-11,21,26-27H. The van der Waals surface area contributed by atoms with Gasteiger partial charge >= 0.3 is 0 Å². The minimum Gasteiger partial charge on any atom is -0.357 e. The summed E-state index contributed by atoms with van der Waals surface area (Å²) in [5, 5.41) is 6.81. The van der Waals surface area contributed by atoms with E-state index in [9.17, 15) is 0 Å². The average molecular weight is 427 g/mol. The van der Waals surface area contributed by atoms with Gasteiger partial charge < -0.3 is 9.97 Å². The van der Waals surface area contributed by atoms with Gasteiger partial charge in [0.05, 0.1) is 27.4 Å². The second kappa shape index (κ2) is 7.37. The van der Waals surface area contributed by atoms with Crippen molar-refractivity contribution in [3.05, 3.63) is 76.4 Å². The minimum absolute atomic E-state index is 0.557. The van der Waals surface area contributed by atoms with E-state index in [0.717, 1.165) is 39.2 Å². The van der Waals surface area contributed by atoms with Gasteiger partial charge in [0.1, 0.15) is 6.04 Å². The lowest BCUT2D eigenvalue weighted by Crippen LogP contribution is -2.28. The number of thiocarbonyl (C=S) groups is 2. The Kier molecular flexibility index (Phi) is 4.54. The molecule has 0 radical (unpaired) electrons. The Labute approximate surface area is 182 Å². The first-order valence-electron chi connectivity index (χ1n) is 9.18. The summed E-state index contributed by atoms with van der Waals surface area (Å²) in [7, 11) is 0. The van der Waals surface area contributed by atoms with Gasteiger partial charge in [0.25, 0.3) is 0 Å². The van der Waals surface area contributed by atoms with Crippen molar-refractivity contribution in [2.24, 2.45) is 20.0 Å². The van der Waals surface area contributed by atoms with Crippen molar-refractivity contribution in [3.8, 4) is 0 Å². The first-order chi connectivity index (χ1) is 14.7. The second-order valence-corrected chi connectivity index (χ2v) is 7.31. The monoisotopic (exact) mass is 426 g/mol. The summed E-state index contributed by atoms with van der Waals surface area (Å²) in [6.45, 7) is 0. The number of isothiocyanates is 2. The zero-order valence-electron chi connectivity index (χ0n) is 15.5. The molecule has 0 amide bonds. The van der Waals surface area contributed by atoms with Gasteiger partial charge in [-0.3, -0.25) is 0 Å². The molecule has 2 aromatic heterocycles. The van der Waals surface area contributed by atoms with Crippen molar-refractivity contribution in [1.29, 1.82) is 0 Å². The van der Waals surface area contributed by atoms with Crippen molar-refractivity contribution in [2.75, 3.05) is 0 Å². The maximum atomic E-state index is 4.92. The number of nitrogens with one attached hydrogen (secondary N) is 2. The molecule has 144 valence electrons. The molecule has 8 bridgehead atoms. The number of rotatable bonds is 2. The summed E-state index contributed by atoms with van der Waals surface area (Å²) in [4.78, 5) is 24.9. The van der Waals surface area contributed by atoms with E-state index in [1.165, 1.54) is 0 Å². The van der Waals surface area contributed by atoms with E-state index in [-0.39, 0.29) is 0 Å². The molecule has 5 rings (SSSR count). The molecular weight excluding hydrogens is 412 g/mol. The van der Waals surface area contributed by atoms with Gasteiger partial charge in [-0.15, -0.1) is 0 Å². The number of fused-ring (bicyclic) bond motifs is 6. The van der Waals surface area contributed by atoms with Gasteiger partial charge in [0.15, 0.2) is 0 Å². The van der Waals surface area contributed by atoms with Gasteiger partial charge in [-0.1, -0.05) is 0 Å². The highest BCUT2D eigenvalue weighted by atomic mass is 32.1. The summed E-state index contributed by atoms with van der Waals surface area (Å²) in [6, 6.07) is 7.32. The summed E-state index contributed by atoms with van der Waals surface area (Å²) >= 11 is 9.84. The van der Waals surface area contributed by atoms with Crippen molar-refractivity contribution in [1.82, 2.24) is 9.97 Å². The molecule has 30 heavy (non-hydrogen) atoms. The fraction of sp³-hybridized carbons (Fsp3) is 0.0909. The number of hydrogen-bond acceptors (Lipinski definition) is 6. The van der Waals surface area contributed by atoms with Crippen LogP contribution in [0.2, 0.25) is 0 Å². The molecule has 0 spiro atoms. The molecule has 3 aliphatic rings. The van der Waals surface area contributed by atoms with E-state index in [2.05, 4.69) is 35.3 Å².